The quantitative estimate of drug-likeness (QED) is 0.794. The number of nitrogens with zero attached hydrogens (tertiary/aromatic N) is 2. The highest BCUT2D eigenvalue weighted by Crippen LogP contribution is 2.23. The van der Waals surface area contributed by atoms with Crippen LogP contribution in [0.2, 0.25) is 0 Å². The van der Waals surface area contributed by atoms with Gasteiger partial charge in [-0.3, -0.25) is 5.43 Å². The largest absolute Gasteiger partial charge is 0.298 e. The van der Waals surface area contributed by atoms with Crippen molar-refractivity contribution in [1.82, 2.24) is 10.4 Å². The second kappa shape index (κ2) is 5.18. The van der Waals surface area contributed by atoms with Crippen LogP contribution < -0.4 is 5.43 Å². The van der Waals surface area contributed by atoms with Crippen molar-refractivity contribution in [3.8, 4) is 0 Å². The first-order chi connectivity index (χ1) is 7.75. The summed E-state index contributed by atoms with van der Waals surface area (Å²) < 4.78 is 0. The van der Waals surface area contributed by atoms with Gasteiger partial charge in [-0.25, -0.2) is 10.0 Å². The summed E-state index contributed by atoms with van der Waals surface area (Å²) in [6, 6.07) is 10.4. The van der Waals surface area contributed by atoms with Crippen LogP contribution in [0.15, 0.2) is 41.5 Å². The molecule has 0 fully saturated rings. The Hall–Kier alpha value is -1.26. The van der Waals surface area contributed by atoms with Crippen molar-refractivity contribution in [3.63, 3.8) is 0 Å². The number of hydrazine groups is 1. The highest BCUT2D eigenvalue weighted by atomic mass is 32.2. The van der Waals surface area contributed by atoms with E-state index in [2.05, 4.69) is 34.7 Å². The van der Waals surface area contributed by atoms with Gasteiger partial charge in [-0.15, -0.1) is 0 Å². The molecule has 1 aliphatic heterocycles. The Balaban J connectivity index is 2.11. The maximum Gasteiger partial charge on any atom is 0.176 e. The Morgan fingerprint density at radius 2 is 2.00 bits per heavy atom. The average Bonchev–Trinajstić information content (AvgIpc) is 2.30. The number of aliphatic imine (C=N–C) groups is 1. The molecule has 1 N–H and O–H groups in total. The second-order valence-corrected chi connectivity index (χ2v) is 4.71. The molecular weight excluding hydrogens is 218 g/mol. The van der Waals surface area contributed by atoms with Crippen molar-refractivity contribution in [2.75, 3.05) is 19.8 Å². The van der Waals surface area contributed by atoms with Crippen LogP contribution in [-0.2, 0) is 0 Å². The fourth-order valence-electron chi connectivity index (χ4n) is 1.42. The molecule has 0 aliphatic carbocycles. The SMILES string of the molecule is CN(C)NC1=NC=C(c2ccccc2)CS1. The van der Waals surface area contributed by atoms with E-state index in [-0.39, 0.29) is 0 Å². The summed E-state index contributed by atoms with van der Waals surface area (Å²) >= 11 is 1.72. The van der Waals surface area contributed by atoms with E-state index in [4.69, 9.17) is 0 Å². The number of amidine groups is 1. The summed E-state index contributed by atoms with van der Waals surface area (Å²) in [5, 5.41) is 2.84. The topological polar surface area (TPSA) is 27.6 Å². The molecule has 84 valence electrons. The number of hydrogen-bond donors (Lipinski definition) is 1. The van der Waals surface area contributed by atoms with Crippen LogP contribution in [0.5, 0.6) is 0 Å². The minimum Gasteiger partial charge on any atom is -0.298 e. The van der Waals surface area contributed by atoms with Crippen LogP contribution in [0.25, 0.3) is 5.57 Å². The van der Waals surface area contributed by atoms with Gasteiger partial charge in [0.1, 0.15) is 0 Å². The Bertz CT molecular complexity index is 410. The van der Waals surface area contributed by atoms with Crippen molar-refractivity contribution in [2.24, 2.45) is 4.99 Å². The lowest BCUT2D eigenvalue weighted by atomic mass is 10.1. The molecule has 0 saturated heterocycles. The van der Waals surface area contributed by atoms with Crippen LogP contribution >= 0.6 is 11.8 Å². The second-order valence-electron chi connectivity index (χ2n) is 3.75. The molecule has 0 spiro atoms. The Labute approximate surface area is 100 Å². The average molecular weight is 233 g/mol. The van der Waals surface area contributed by atoms with E-state index in [0.29, 0.717) is 0 Å². The van der Waals surface area contributed by atoms with Crippen LogP contribution in [0, 0.1) is 0 Å². The van der Waals surface area contributed by atoms with Crippen molar-refractivity contribution in [1.29, 1.82) is 0 Å². The summed E-state index contributed by atoms with van der Waals surface area (Å²) in [7, 11) is 3.92. The lowest BCUT2D eigenvalue weighted by molar-refractivity contribution is 0.366. The minimum atomic E-state index is 0.949. The third-order valence-corrected chi connectivity index (χ3v) is 3.09. The van der Waals surface area contributed by atoms with Gasteiger partial charge in [0, 0.05) is 26.0 Å². The molecule has 1 aliphatic rings. The Morgan fingerprint density at radius 1 is 1.25 bits per heavy atom. The summed E-state index contributed by atoms with van der Waals surface area (Å²) in [4.78, 5) is 4.39. The highest BCUT2D eigenvalue weighted by Gasteiger charge is 2.10. The van der Waals surface area contributed by atoms with E-state index < -0.39 is 0 Å². The smallest absolute Gasteiger partial charge is 0.176 e. The first-order valence-electron chi connectivity index (χ1n) is 5.15. The van der Waals surface area contributed by atoms with Gasteiger partial charge in [0.25, 0.3) is 0 Å². The summed E-state index contributed by atoms with van der Waals surface area (Å²) in [5.41, 5.74) is 5.68. The Kier molecular flexibility index (Phi) is 3.64. The molecule has 1 aromatic carbocycles. The zero-order chi connectivity index (χ0) is 11.4. The zero-order valence-corrected chi connectivity index (χ0v) is 10.3. The van der Waals surface area contributed by atoms with Crippen LogP contribution in [0.4, 0.5) is 0 Å². The van der Waals surface area contributed by atoms with Gasteiger partial charge < -0.3 is 0 Å². The van der Waals surface area contributed by atoms with Crippen molar-refractivity contribution in [3.05, 3.63) is 42.1 Å². The fraction of sp³-hybridized carbons (Fsp3) is 0.250. The van der Waals surface area contributed by atoms with Gasteiger partial charge in [0.2, 0.25) is 0 Å². The van der Waals surface area contributed by atoms with Gasteiger partial charge in [-0.1, -0.05) is 42.1 Å². The summed E-state index contributed by atoms with van der Waals surface area (Å²) in [6.45, 7) is 0. The predicted octanol–water partition coefficient (Wildman–Crippen LogP) is 2.20. The number of rotatable bonds is 2. The summed E-state index contributed by atoms with van der Waals surface area (Å²) in [6.07, 6.45) is 1.94. The normalized spacial score (nSPS) is 15.7. The third-order valence-electron chi connectivity index (χ3n) is 2.17. The molecule has 0 unspecified atom stereocenters. The number of nitrogens with one attached hydrogen (secondary N) is 1. The van der Waals surface area contributed by atoms with E-state index in [1.54, 1.807) is 11.8 Å². The van der Waals surface area contributed by atoms with Gasteiger partial charge >= 0.3 is 0 Å². The first kappa shape index (κ1) is 11.2. The van der Waals surface area contributed by atoms with E-state index in [1.807, 2.05) is 31.4 Å². The fourth-order valence-corrected chi connectivity index (χ4v) is 2.33. The number of hydrogen-bond acceptors (Lipinski definition) is 4. The highest BCUT2D eigenvalue weighted by molar-refractivity contribution is 8.14. The monoisotopic (exact) mass is 233 g/mol. The molecule has 0 saturated carbocycles. The Morgan fingerprint density at radius 3 is 2.56 bits per heavy atom. The first-order valence-corrected chi connectivity index (χ1v) is 6.13. The van der Waals surface area contributed by atoms with Gasteiger partial charge in [0.15, 0.2) is 5.17 Å². The van der Waals surface area contributed by atoms with Crippen LogP contribution in [-0.4, -0.2) is 30.0 Å². The lowest BCUT2D eigenvalue weighted by Crippen LogP contribution is -2.35. The summed E-state index contributed by atoms with van der Waals surface area (Å²) in [5.74, 6) is 0.962. The zero-order valence-electron chi connectivity index (χ0n) is 9.47. The lowest BCUT2D eigenvalue weighted by Gasteiger charge is -2.18. The van der Waals surface area contributed by atoms with Gasteiger partial charge in [-0.2, -0.15) is 0 Å². The molecular formula is C12H15N3S. The van der Waals surface area contributed by atoms with E-state index in [9.17, 15) is 0 Å². The third kappa shape index (κ3) is 2.87. The molecule has 2 rings (SSSR count). The molecule has 0 amide bonds. The molecule has 1 aromatic rings. The van der Waals surface area contributed by atoms with E-state index >= 15 is 0 Å². The maximum atomic E-state index is 4.39. The standard InChI is InChI=1S/C12H15N3S/c1-15(2)14-12-13-8-11(9-16-12)10-6-4-3-5-7-10/h3-8H,9H2,1-2H3,(H,13,14). The molecule has 1 heterocycles. The van der Waals surface area contributed by atoms with Crippen molar-refractivity contribution < 1.29 is 0 Å². The van der Waals surface area contributed by atoms with Crippen molar-refractivity contribution >= 4 is 22.5 Å². The molecule has 3 nitrogen and oxygen atoms in total. The molecule has 0 aromatic heterocycles. The molecule has 0 atom stereocenters. The molecule has 4 heteroatoms. The molecule has 16 heavy (non-hydrogen) atoms. The molecule has 0 bridgehead atoms. The molecule has 0 radical (unpaired) electrons. The number of thioether (sulfide) groups is 1. The predicted molar refractivity (Wildman–Crippen MR) is 71.1 cm³/mol. The van der Waals surface area contributed by atoms with E-state index in [1.165, 1.54) is 11.1 Å². The minimum absolute atomic E-state index is 0.949. The van der Waals surface area contributed by atoms with E-state index in [0.717, 1.165) is 10.9 Å². The van der Waals surface area contributed by atoms with Gasteiger partial charge in [-0.05, 0) is 11.1 Å². The van der Waals surface area contributed by atoms with Gasteiger partial charge in [0.05, 0.1) is 0 Å². The maximum absolute atomic E-state index is 4.39. The van der Waals surface area contributed by atoms with Crippen LogP contribution in [0.3, 0.4) is 0 Å². The number of benzene rings is 1. The van der Waals surface area contributed by atoms with Crippen LogP contribution in [0.1, 0.15) is 5.56 Å². The van der Waals surface area contributed by atoms with Crippen molar-refractivity contribution in [2.45, 2.75) is 0 Å².